The number of nitrogens with zero attached hydrogens (tertiary/aromatic N) is 1. The van der Waals surface area contributed by atoms with Crippen LogP contribution < -0.4 is 5.32 Å². The van der Waals surface area contributed by atoms with Crippen molar-refractivity contribution in [1.82, 2.24) is 10.2 Å². The summed E-state index contributed by atoms with van der Waals surface area (Å²) in [5.41, 5.74) is 0. The highest BCUT2D eigenvalue weighted by Crippen LogP contribution is 1.94. The first-order chi connectivity index (χ1) is 9.61. The molecule has 20 heavy (non-hydrogen) atoms. The summed E-state index contributed by atoms with van der Waals surface area (Å²) in [5, 5.41) is 11.4. The van der Waals surface area contributed by atoms with Crippen molar-refractivity contribution in [2.45, 2.75) is 26.2 Å². The fourth-order valence-corrected chi connectivity index (χ4v) is 1.57. The first-order valence-corrected chi connectivity index (χ1v) is 6.93. The normalized spacial score (nSPS) is 10.3. The van der Waals surface area contributed by atoms with Gasteiger partial charge < -0.3 is 24.8 Å². The van der Waals surface area contributed by atoms with Crippen LogP contribution in [0.2, 0.25) is 0 Å². The lowest BCUT2D eigenvalue weighted by Crippen LogP contribution is -2.43. The van der Waals surface area contributed by atoms with Gasteiger partial charge in [-0.2, -0.15) is 0 Å². The molecule has 7 nitrogen and oxygen atoms in total. The number of ether oxygens (including phenoxy) is 2. The molecule has 0 aliphatic carbocycles. The van der Waals surface area contributed by atoms with Gasteiger partial charge in [-0.15, -0.1) is 0 Å². The summed E-state index contributed by atoms with van der Waals surface area (Å²) >= 11 is 0. The fraction of sp³-hybridized carbons (Fsp3) is 0.846. The molecule has 118 valence electrons. The molecule has 2 N–H and O–H groups in total. The molecule has 0 aromatic rings. The maximum absolute atomic E-state index is 11.7. The number of aliphatic carboxylic acids is 1. The van der Waals surface area contributed by atoms with Crippen LogP contribution in [-0.2, 0) is 14.3 Å². The largest absolute Gasteiger partial charge is 0.480 e. The maximum atomic E-state index is 11.7. The van der Waals surface area contributed by atoms with Gasteiger partial charge in [0.1, 0.15) is 6.54 Å². The number of rotatable bonds is 12. The predicted molar refractivity (Wildman–Crippen MR) is 74.8 cm³/mol. The highest BCUT2D eigenvalue weighted by atomic mass is 16.5. The molecule has 0 fully saturated rings. The van der Waals surface area contributed by atoms with Crippen molar-refractivity contribution in [2.24, 2.45) is 0 Å². The van der Waals surface area contributed by atoms with Crippen molar-refractivity contribution in [3.63, 3.8) is 0 Å². The Balaban J connectivity index is 3.65. The van der Waals surface area contributed by atoms with Crippen molar-refractivity contribution >= 4 is 12.0 Å². The van der Waals surface area contributed by atoms with Gasteiger partial charge >= 0.3 is 12.0 Å². The van der Waals surface area contributed by atoms with E-state index in [2.05, 4.69) is 5.32 Å². The number of carbonyl (C=O) groups excluding carboxylic acids is 1. The zero-order chi connectivity index (χ0) is 15.2. The van der Waals surface area contributed by atoms with Crippen LogP contribution in [0.25, 0.3) is 0 Å². The molecule has 0 aromatic heterocycles. The van der Waals surface area contributed by atoms with E-state index in [0.717, 1.165) is 19.3 Å². The first-order valence-electron chi connectivity index (χ1n) is 6.93. The zero-order valence-electron chi connectivity index (χ0n) is 12.4. The van der Waals surface area contributed by atoms with E-state index >= 15 is 0 Å². The molecule has 0 aliphatic heterocycles. The van der Waals surface area contributed by atoms with Crippen LogP contribution >= 0.6 is 0 Å². The number of methoxy groups -OCH3 is 1. The van der Waals surface area contributed by atoms with Crippen LogP contribution in [0, 0.1) is 0 Å². The molecule has 2 amide bonds. The molecule has 0 saturated carbocycles. The summed E-state index contributed by atoms with van der Waals surface area (Å²) in [6, 6.07) is -0.324. The maximum Gasteiger partial charge on any atom is 0.323 e. The molecular formula is C13H26N2O5. The smallest absolute Gasteiger partial charge is 0.323 e. The van der Waals surface area contributed by atoms with Crippen LogP contribution in [0.15, 0.2) is 0 Å². The van der Waals surface area contributed by atoms with Crippen LogP contribution in [0.4, 0.5) is 4.79 Å². The monoisotopic (exact) mass is 290 g/mol. The predicted octanol–water partition coefficient (Wildman–Crippen LogP) is 0.936. The Morgan fingerprint density at radius 2 is 1.95 bits per heavy atom. The Morgan fingerprint density at radius 3 is 2.55 bits per heavy atom. The summed E-state index contributed by atoms with van der Waals surface area (Å²) < 4.78 is 10.1. The Kier molecular flexibility index (Phi) is 11.8. The molecule has 0 unspecified atom stereocenters. The number of carboxylic acid groups (broad SMARTS) is 1. The van der Waals surface area contributed by atoms with Crippen molar-refractivity contribution in [1.29, 1.82) is 0 Å². The molecule has 0 atom stereocenters. The van der Waals surface area contributed by atoms with E-state index in [1.807, 2.05) is 6.92 Å². The Morgan fingerprint density at radius 1 is 1.20 bits per heavy atom. The third-order valence-corrected chi connectivity index (χ3v) is 2.53. The van der Waals surface area contributed by atoms with Crippen LogP contribution in [0.3, 0.4) is 0 Å². The van der Waals surface area contributed by atoms with Gasteiger partial charge in [-0.25, -0.2) is 4.79 Å². The van der Waals surface area contributed by atoms with Crippen LogP contribution in [0.5, 0.6) is 0 Å². The Bertz CT molecular complexity index is 273. The zero-order valence-corrected chi connectivity index (χ0v) is 12.4. The molecule has 0 spiro atoms. The van der Waals surface area contributed by atoms with Crippen LogP contribution in [0.1, 0.15) is 26.2 Å². The summed E-state index contributed by atoms with van der Waals surface area (Å²) in [6.45, 7) is 4.39. The molecule has 0 aliphatic rings. The first kappa shape index (κ1) is 18.7. The number of carbonyl (C=O) groups is 2. The average molecular weight is 290 g/mol. The van der Waals surface area contributed by atoms with Crippen molar-refractivity contribution in [2.75, 3.05) is 46.6 Å². The molecule has 0 bridgehead atoms. The van der Waals surface area contributed by atoms with Gasteiger partial charge in [0.05, 0.1) is 13.2 Å². The number of unbranched alkanes of at least 4 members (excludes halogenated alkanes) is 1. The van der Waals surface area contributed by atoms with E-state index in [1.165, 1.54) is 4.90 Å². The lowest BCUT2D eigenvalue weighted by molar-refractivity contribution is -0.137. The lowest BCUT2D eigenvalue weighted by atomic mass is 10.3. The van der Waals surface area contributed by atoms with Crippen molar-refractivity contribution in [3.05, 3.63) is 0 Å². The SMILES string of the molecule is CCCN(CC(=O)O)C(=O)NCCCCOCCOC. The van der Waals surface area contributed by atoms with Gasteiger partial charge in [0.15, 0.2) is 0 Å². The molecular weight excluding hydrogens is 264 g/mol. The quantitative estimate of drug-likeness (QED) is 0.522. The topological polar surface area (TPSA) is 88.1 Å². The molecule has 0 aromatic carbocycles. The van der Waals surface area contributed by atoms with E-state index in [1.54, 1.807) is 7.11 Å². The third kappa shape index (κ3) is 10.6. The summed E-state index contributed by atoms with van der Waals surface area (Å²) in [7, 11) is 1.62. The molecule has 0 heterocycles. The lowest BCUT2D eigenvalue weighted by Gasteiger charge is -2.20. The second-order valence-electron chi connectivity index (χ2n) is 4.36. The average Bonchev–Trinajstić information content (AvgIpc) is 2.40. The van der Waals surface area contributed by atoms with Gasteiger partial charge in [-0.3, -0.25) is 4.79 Å². The number of amides is 2. The van der Waals surface area contributed by atoms with Gasteiger partial charge in [-0.05, 0) is 19.3 Å². The molecule has 0 radical (unpaired) electrons. The van der Waals surface area contributed by atoms with Gasteiger partial charge in [-0.1, -0.05) is 6.92 Å². The van der Waals surface area contributed by atoms with E-state index in [0.29, 0.717) is 32.9 Å². The third-order valence-electron chi connectivity index (χ3n) is 2.53. The number of hydrogen-bond donors (Lipinski definition) is 2. The standard InChI is InChI=1S/C13H26N2O5/c1-3-7-15(11-12(16)17)13(18)14-6-4-5-8-20-10-9-19-2/h3-11H2,1-2H3,(H,14,18)(H,16,17). The van der Waals surface area contributed by atoms with Gasteiger partial charge in [0, 0.05) is 26.8 Å². The second-order valence-corrected chi connectivity index (χ2v) is 4.36. The Hall–Kier alpha value is -1.34. The van der Waals surface area contributed by atoms with E-state index in [9.17, 15) is 9.59 Å². The summed E-state index contributed by atoms with van der Waals surface area (Å²) in [4.78, 5) is 23.7. The summed E-state index contributed by atoms with van der Waals surface area (Å²) in [5.74, 6) is -1.000. The fourth-order valence-electron chi connectivity index (χ4n) is 1.57. The highest BCUT2D eigenvalue weighted by molar-refractivity contribution is 5.79. The second kappa shape index (κ2) is 12.7. The minimum absolute atomic E-state index is 0.264. The minimum atomic E-state index is -1.000. The number of carboxylic acids is 1. The van der Waals surface area contributed by atoms with E-state index in [4.69, 9.17) is 14.6 Å². The molecule has 7 heteroatoms. The van der Waals surface area contributed by atoms with E-state index < -0.39 is 5.97 Å². The number of hydrogen-bond acceptors (Lipinski definition) is 4. The van der Waals surface area contributed by atoms with Gasteiger partial charge in [0.2, 0.25) is 0 Å². The molecule has 0 rings (SSSR count). The highest BCUT2D eigenvalue weighted by Gasteiger charge is 2.14. The summed E-state index contributed by atoms with van der Waals surface area (Å²) in [6.07, 6.45) is 2.37. The van der Waals surface area contributed by atoms with Crippen molar-refractivity contribution in [3.8, 4) is 0 Å². The molecule has 0 saturated heterocycles. The van der Waals surface area contributed by atoms with E-state index in [-0.39, 0.29) is 12.6 Å². The Labute approximate surface area is 120 Å². The van der Waals surface area contributed by atoms with Crippen LogP contribution in [-0.4, -0.2) is 68.6 Å². The number of urea groups is 1. The minimum Gasteiger partial charge on any atom is -0.480 e. The van der Waals surface area contributed by atoms with Crippen molar-refractivity contribution < 1.29 is 24.2 Å². The number of nitrogens with one attached hydrogen (secondary N) is 1. The van der Waals surface area contributed by atoms with Gasteiger partial charge in [0.25, 0.3) is 0 Å².